The average Bonchev–Trinajstić information content (AvgIpc) is 1.78. The normalized spacial score (nSPS) is 63.7. The summed E-state index contributed by atoms with van der Waals surface area (Å²) >= 11 is 0. The summed E-state index contributed by atoms with van der Waals surface area (Å²) in [5, 5.41) is 9.52. The molecule has 2 aliphatic rings. The highest BCUT2D eigenvalue weighted by Crippen LogP contribution is 2.59. The maximum atomic E-state index is 9.52. The van der Waals surface area contributed by atoms with Crippen LogP contribution < -0.4 is 0 Å². The topological polar surface area (TPSA) is 20.2 Å². The van der Waals surface area contributed by atoms with E-state index < -0.39 is 0 Å². The monoisotopic (exact) mass is 126 g/mol. The van der Waals surface area contributed by atoms with Crippen molar-refractivity contribution < 1.29 is 5.11 Å². The van der Waals surface area contributed by atoms with Crippen molar-refractivity contribution in [2.45, 2.75) is 32.3 Å². The molecule has 0 radical (unpaired) electrons. The highest BCUT2D eigenvalue weighted by molar-refractivity contribution is 5.08. The Morgan fingerprint density at radius 1 is 1.56 bits per heavy atom. The first-order valence-corrected chi connectivity index (χ1v) is 3.83. The van der Waals surface area contributed by atoms with Crippen LogP contribution in [0.15, 0.2) is 0 Å². The van der Waals surface area contributed by atoms with Crippen molar-refractivity contribution in [3.05, 3.63) is 0 Å². The smallest absolute Gasteiger partial charge is 0.0653 e. The fraction of sp³-hybridized carbons (Fsp3) is 1.00. The average molecular weight is 126 g/mol. The van der Waals surface area contributed by atoms with Gasteiger partial charge in [-0.1, -0.05) is 6.92 Å². The molecule has 4 unspecified atom stereocenters. The lowest BCUT2D eigenvalue weighted by Gasteiger charge is -2.61. The van der Waals surface area contributed by atoms with Gasteiger partial charge < -0.3 is 5.11 Å². The third-order valence-electron chi connectivity index (χ3n) is 3.32. The van der Waals surface area contributed by atoms with Crippen LogP contribution in [0.5, 0.6) is 0 Å². The summed E-state index contributed by atoms with van der Waals surface area (Å²) in [7, 11) is 0. The van der Waals surface area contributed by atoms with Gasteiger partial charge in [-0.3, -0.25) is 0 Å². The first-order valence-electron chi connectivity index (χ1n) is 3.83. The lowest BCUT2D eigenvalue weighted by molar-refractivity contribution is -0.202. The maximum absolute atomic E-state index is 9.52. The Kier molecular flexibility index (Phi) is 0.852. The van der Waals surface area contributed by atoms with Gasteiger partial charge in [0.05, 0.1) is 5.60 Å². The molecule has 0 aromatic heterocycles. The number of fused-ring (bicyclic) bond motifs is 1. The molecule has 0 saturated heterocycles. The predicted molar refractivity (Wildman–Crippen MR) is 36.0 cm³/mol. The van der Waals surface area contributed by atoms with Gasteiger partial charge in [-0.2, -0.15) is 0 Å². The molecule has 4 atom stereocenters. The Morgan fingerprint density at radius 2 is 2.22 bits per heavy atom. The van der Waals surface area contributed by atoms with Crippen molar-refractivity contribution in [1.82, 2.24) is 0 Å². The summed E-state index contributed by atoms with van der Waals surface area (Å²) < 4.78 is 0. The van der Waals surface area contributed by atoms with Crippen LogP contribution in [-0.4, -0.2) is 10.7 Å². The minimum atomic E-state index is -0.281. The molecule has 0 aromatic rings. The van der Waals surface area contributed by atoms with Gasteiger partial charge in [0.15, 0.2) is 0 Å². The summed E-state index contributed by atoms with van der Waals surface area (Å²) in [4.78, 5) is 0. The molecule has 0 bridgehead atoms. The van der Waals surface area contributed by atoms with Crippen LogP contribution in [0.3, 0.4) is 0 Å². The second-order valence-electron chi connectivity index (χ2n) is 4.04. The lowest BCUT2D eigenvalue weighted by atomic mass is 9.47. The van der Waals surface area contributed by atoms with Crippen molar-refractivity contribution in [3.63, 3.8) is 0 Å². The van der Waals surface area contributed by atoms with Crippen LogP contribution >= 0.6 is 0 Å². The second kappa shape index (κ2) is 1.34. The van der Waals surface area contributed by atoms with Crippen molar-refractivity contribution in [3.8, 4) is 0 Å². The van der Waals surface area contributed by atoms with Gasteiger partial charge in [0.1, 0.15) is 0 Å². The molecule has 2 fully saturated rings. The molecular weight excluding hydrogens is 112 g/mol. The molecule has 2 saturated carbocycles. The SMILES string of the molecule is CC1CC2C1CC2(C)O. The highest BCUT2D eigenvalue weighted by atomic mass is 16.3. The van der Waals surface area contributed by atoms with Gasteiger partial charge in [0, 0.05) is 0 Å². The Labute approximate surface area is 56.1 Å². The fourth-order valence-electron chi connectivity index (χ4n) is 2.48. The van der Waals surface area contributed by atoms with E-state index in [2.05, 4.69) is 6.92 Å². The molecule has 0 amide bonds. The standard InChI is InChI=1S/C8H14O/c1-5-3-7-6(5)4-8(7,2)9/h5-7,9H,3-4H2,1-2H3. The van der Waals surface area contributed by atoms with Gasteiger partial charge in [-0.15, -0.1) is 0 Å². The van der Waals surface area contributed by atoms with Crippen LogP contribution in [0.4, 0.5) is 0 Å². The summed E-state index contributed by atoms with van der Waals surface area (Å²) in [5.41, 5.74) is -0.281. The second-order valence-corrected chi connectivity index (χ2v) is 4.04. The molecule has 0 aliphatic heterocycles. The summed E-state index contributed by atoms with van der Waals surface area (Å²) in [6.07, 6.45) is 2.32. The van der Waals surface area contributed by atoms with E-state index in [1.165, 1.54) is 6.42 Å². The van der Waals surface area contributed by atoms with Gasteiger partial charge in [-0.25, -0.2) is 0 Å². The molecule has 9 heavy (non-hydrogen) atoms. The third-order valence-corrected chi connectivity index (χ3v) is 3.32. The number of rotatable bonds is 0. The van der Waals surface area contributed by atoms with E-state index in [-0.39, 0.29) is 5.60 Å². The van der Waals surface area contributed by atoms with Crippen LogP contribution in [0.1, 0.15) is 26.7 Å². The van der Waals surface area contributed by atoms with Crippen LogP contribution in [0.25, 0.3) is 0 Å². The van der Waals surface area contributed by atoms with E-state index in [0.29, 0.717) is 5.92 Å². The first-order chi connectivity index (χ1) is 4.11. The number of aliphatic hydroxyl groups is 1. The predicted octanol–water partition coefficient (Wildman–Crippen LogP) is 1.41. The molecule has 2 aliphatic carbocycles. The zero-order chi connectivity index (χ0) is 6.65. The van der Waals surface area contributed by atoms with Crippen LogP contribution in [0, 0.1) is 17.8 Å². The molecule has 0 heterocycles. The Bertz CT molecular complexity index is 140. The van der Waals surface area contributed by atoms with Crippen molar-refractivity contribution in [2.75, 3.05) is 0 Å². The minimum Gasteiger partial charge on any atom is -0.390 e. The van der Waals surface area contributed by atoms with E-state index in [1.807, 2.05) is 6.92 Å². The lowest BCUT2D eigenvalue weighted by Crippen LogP contribution is -2.61. The van der Waals surface area contributed by atoms with E-state index in [0.717, 1.165) is 18.3 Å². The van der Waals surface area contributed by atoms with Gasteiger partial charge >= 0.3 is 0 Å². The largest absolute Gasteiger partial charge is 0.390 e. The fourth-order valence-corrected chi connectivity index (χ4v) is 2.48. The summed E-state index contributed by atoms with van der Waals surface area (Å²) in [6, 6.07) is 0. The Balaban J connectivity index is 2.02. The molecule has 52 valence electrons. The zero-order valence-corrected chi connectivity index (χ0v) is 6.09. The zero-order valence-electron chi connectivity index (χ0n) is 6.09. The molecule has 1 nitrogen and oxygen atoms in total. The third kappa shape index (κ3) is 0.536. The maximum Gasteiger partial charge on any atom is 0.0653 e. The van der Waals surface area contributed by atoms with Crippen molar-refractivity contribution in [2.24, 2.45) is 17.8 Å². The summed E-state index contributed by atoms with van der Waals surface area (Å²) in [5.74, 6) is 2.43. The molecular formula is C8H14O. The summed E-state index contributed by atoms with van der Waals surface area (Å²) in [6.45, 7) is 4.26. The highest BCUT2D eigenvalue weighted by Gasteiger charge is 2.57. The Morgan fingerprint density at radius 3 is 2.33 bits per heavy atom. The Hall–Kier alpha value is -0.0400. The van der Waals surface area contributed by atoms with E-state index in [1.54, 1.807) is 0 Å². The van der Waals surface area contributed by atoms with E-state index >= 15 is 0 Å². The molecule has 2 rings (SSSR count). The van der Waals surface area contributed by atoms with E-state index in [9.17, 15) is 5.11 Å². The van der Waals surface area contributed by atoms with Crippen LogP contribution in [0.2, 0.25) is 0 Å². The molecule has 1 N–H and O–H groups in total. The van der Waals surface area contributed by atoms with E-state index in [4.69, 9.17) is 0 Å². The molecule has 0 aromatic carbocycles. The van der Waals surface area contributed by atoms with Crippen molar-refractivity contribution >= 4 is 0 Å². The molecule has 0 spiro atoms. The van der Waals surface area contributed by atoms with Crippen LogP contribution in [-0.2, 0) is 0 Å². The van der Waals surface area contributed by atoms with Gasteiger partial charge in [-0.05, 0) is 37.5 Å². The minimum absolute atomic E-state index is 0.281. The van der Waals surface area contributed by atoms with Crippen molar-refractivity contribution in [1.29, 1.82) is 0 Å². The first kappa shape index (κ1) is 5.72. The van der Waals surface area contributed by atoms with Gasteiger partial charge in [0.25, 0.3) is 0 Å². The van der Waals surface area contributed by atoms with Gasteiger partial charge in [0.2, 0.25) is 0 Å². The molecule has 1 heteroatoms. The number of hydrogen-bond acceptors (Lipinski definition) is 1. The number of hydrogen-bond donors (Lipinski definition) is 1. The quantitative estimate of drug-likeness (QED) is 0.520.